The van der Waals surface area contributed by atoms with Gasteiger partial charge in [-0.2, -0.15) is 0 Å². The topological polar surface area (TPSA) is 61.7 Å². The third kappa shape index (κ3) is 4.80. The number of nitrogens with one attached hydrogen (secondary N) is 1. The quantitative estimate of drug-likeness (QED) is 0.484. The summed E-state index contributed by atoms with van der Waals surface area (Å²) in [6.07, 6.45) is 1.43. The van der Waals surface area contributed by atoms with Crippen molar-refractivity contribution in [3.63, 3.8) is 0 Å². The Labute approximate surface area is 171 Å². The van der Waals surface area contributed by atoms with Crippen molar-refractivity contribution in [1.29, 1.82) is 0 Å². The Balaban J connectivity index is 1.78. The number of halogens is 3. The number of phenols is 1. The molecular formula is C20H13Cl3N2O2. The average Bonchev–Trinajstić information content (AvgIpc) is 2.66. The Morgan fingerprint density at radius 3 is 2.41 bits per heavy atom. The summed E-state index contributed by atoms with van der Waals surface area (Å²) >= 11 is 18.1. The summed E-state index contributed by atoms with van der Waals surface area (Å²) in [5, 5.41) is 13.6. The number of carbonyl (C=O) groups is 1. The van der Waals surface area contributed by atoms with Gasteiger partial charge in [-0.3, -0.25) is 9.79 Å². The first kappa shape index (κ1) is 19.2. The van der Waals surface area contributed by atoms with E-state index in [-0.39, 0.29) is 16.7 Å². The molecule has 27 heavy (non-hydrogen) atoms. The van der Waals surface area contributed by atoms with Gasteiger partial charge in [-0.15, -0.1) is 0 Å². The average molecular weight is 420 g/mol. The molecule has 0 unspecified atom stereocenters. The van der Waals surface area contributed by atoms with E-state index in [2.05, 4.69) is 10.3 Å². The van der Waals surface area contributed by atoms with Crippen molar-refractivity contribution in [2.24, 2.45) is 4.99 Å². The third-order valence-electron chi connectivity index (χ3n) is 3.65. The van der Waals surface area contributed by atoms with E-state index in [0.717, 1.165) is 0 Å². The van der Waals surface area contributed by atoms with Crippen molar-refractivity contribution in [2.45, 2.75) is 0 Å². The Morgan fingerprint density at radius 1 is 0.963 bits per heavy atom. The molecule has 0 radical (unpaired) electrons. The second-order valence-electron chi connectivity index (χ2n) is 5.57. The molecule has 0 saturated heterocycles. The maximum Gasteiger partial charge on any atom is 0.255 e. The standard InChI is InChI=1S/C20H13Cl3N2O2/c21-14-8-13(19(26)17(23)9-14)11-24-15-6-7-18(16(22)10-15)25-20(27)12-4-2-1-3-5-12/h1-11,26H,(H,25,27). The van der Waals surface area contributed by atoms with Crippen LogP contribution >= 0.6 is 34.8 Å². The van der Waals surface area contributed by atoms with Gasteiger partial charge in [0.15, 0.2) is 0 Å². The smallest absolute Gasteiger partial charge is 0.255 e. The maximum absolute atomic E-state index is 12.2. The molecule has 0 fully saturated rings. The van der Waals surface area contributed by atoms with E-state index in [0.29, 0.717) is 32.5 Å². The summed E-state index contributed by atoms with van der Waals surface area (Å²) in [7, 11) is 0. The highest BCUT2D eigenvalue weighted by atomic mass is 35.5. The Hall–Kier alpha value is -2.53. The fourth-order valence-corrected chi connectivity index (χ4v) is 3.03. The minimum Gasteiger partial charge on any atom is -0.506 e. The fraction of sp³-hybridized carbons (Fsp3) is 0. The molecule has 1 amide bonds. The van der Waals surface area contributed by atoms with Crippen LogP contribution in [0.5, 0.6) is 5.75 Å². The van der Waals surface area contributed by atoms with Gasteiger partial charge >= 0.3 is 0 Å². The Bertz CT molecular complexity index is 1020. The highest BCUT2D eigenvalue weighted by Gasteiger charge is 2.09. The number of amides is 1. The second-order valence-corrected chi connectivity index (χ2v) is 6.82. The first-order valence-corrected chi connectivity index (χ1v) is 8.95. The summed E-state index contributed by atoms with van der Waals surface area (Å²) in [4.78, 5) is 16.5. The normalized spacial score (nSPS) is 10.9. The molecule has 136 valence electrons. The molecule has 0 aromatic heterocycles. The number of hydrogen-bond donors (Lipinski definition) is 2. The summed E-state index contributed by atoms with van der Waals surface area (Å²) in [6, 6.07) is 16.8. The predicted octanol–water partition coefficient (Wildman–Crippen LogP) is 6.36. The third-order valence-corrected chi connectivity index (χ3v) is 4.47. The maximum atomic E-state index is 12.2. The molecule has 4 nitrogen and oxygen atoms in total. The van der Waals surface area contributed by atoms with E-state index < -0.39 is 0 Å². The molecule has 3 aromatic carbocycles. The number of hydrogen-bond acceptors (Lipinski definition) is 3. The van der Waals surface area contributed by atoms with E-state index in [1.165, 1.54) is 12.3 Å². The van der Waals surface area contributed by atoms with Crippen LogP contribution in [0, 0.1) is 0 Å². The number of aromatic hydroxyl groups is 1. The number of rotatable bonds is 4. The lowest BCUT2D eigenvalue weighted by molar-refractivity contribution is 0.102. The van der Waals surface area contributed by atoms with Crippen molar-refractivity contribution >= 4 is 58.3 Å². The predicted molar refractivity (Wildman–Crippen MR) is 111 cm³/mol. The molecule has 0 heterocycles. The lowest BCUT2D eigenvalue weighted by atomic mass is 10.2. The molecule has 0 spiro atoms. The van der Waals surface area contributed by atoms with Crippen LogP contribution < -0.4 is 5.32 Å². The van der Waals surface area contributed by atoms with Gasteiger partial charge in [0.05, 0.1) is 21.4 Å². The number of aliphatic imine (C=N–C) groups is 1. The SMILES string of the molecule is O=C(Nc1ccc(N=Cc2cc(Cl)cc(Cl)c2O)cc1Cl)c1ccccc1. The molecular weight excluding hydrogens is 407 g/mol. The molecule has 2 N–H and O–H groups in total. The highest BCUT2D eigenvalue weighted by molar-refractivity contribution is 6.36. The molecule has 3 aromatic rings. The van der Waals surface area contributed by atoms with Gasteiger partial charge < -0.3 is 10.4 Å². The summed E-state index contributed by atoms with van der Waals surface area (Å²) in [6.45, 7) is 0. The molecule has 0 atom stereocenters. The zero-order valence-electron chi connectivity index (χ0n) is 13.8. The number of carbonyl (C=O) groups excluding carboxylic acids is 1. The van der Waals surface area contributed by atoms with Gasteiger partial charge in [-0.25, -0.2) is 0 Å². The van der Waals surface area contributed by atoms with E-state index >= 15 is 0 Å². The van der Waals surface area contributed by atoms with Crippen molar-refractivity contribution in [2.75, 3.05) is 5.32 Å². The van der Waals surface area contributed by atoms with E-state index in [9.17, 15) is 9.90 Å². The monoisotopic (exact) mass is 418 g/mol. The van der Waals surface area contributed by atoms with Gasteiger partial charge in [0.2, 0.25) is 0 Å². The minimum absolute atomic E-state index is 0.109. The molecule has 0 aliphatic heterocycles. The van der Waals surface area contributed by atoms with Gasteiger partial charge in [0.25, 0.3) is 5.91 Å². The van der Waals surface area contributed by atoms with Gasteiger partial charge in [-0.1, -0.05) is 53.0 Å². The van der Waals surface area contributed by atoms with Gasteiger partial charge in [0.1, 0.15) is 5.75 Å². The van der Waals surface area contributed by atoms with Crippen LogP contribution in [0.3, 0.4) is 0 Å². The Kier molecular flexibility index (Phi) is 6.01. The van der Waals surface area contributed by atoms with Crippen molar-refractivity contribution < 1.29 is 9.90 Å². The van der Waals surface area contributed by atoms with Crippen LogP contribution in [0.2, 0.25) is 15.1 Å². The summed E-state index contributed by atoms with van der Waals surface area (Å²) in [5.41, 5.74) is 1.92. The van der Waals surface area contributed by atoms with Crippen LogP contribution in [0.4, 0.5) is 11.4 Å². The summed E-state index contributed by atoms with van der Waals surface area (Å²) < 4.78 is 0. The molecule has 7 heteroatoms. The molecule has 0 saturated carbocycles. The molecule has 3 rings (SSSR count). The lowest BCUT2D eigenvalue weighted by Crippen LogP contribution is -2.11. The van der Waals surface area contributed by atoms with Crippen molar-refractivity contribution in [3.05, 3.63) is 86.9 Å². The van der Waals surface area contributed by atoms with E-state index in [4.69, 9.17) is 34.8 Å². The second kappa shape index (κ2) is 8.44. The van der Waals surface area contributed by atoms with Gasteiger partial charge in [-0.05, 0) is 42.5 Å². The highest BCUT2D eigenvalue weighted by Crippen LogP contribution is 2.31. The van der Waals surface area contributed by atoms with E-state index in [1.807, 2.05) is 6.07 Å². The van der Waals surface area contributed by atoms with E-state index in [1.54, 1.807) is 48.5 Å². The van der Waals surface area contributed by atoms with Crippen LogP contribution in [0.1, 0.15) is 15.9 Å². The molecule has 0 bridgehead atoms. The lowest BCUT2D eigenvalue weighted by Gasteiger charge is -2.08. The van der Waals surface area contributed by atoms with Crippen molar-refractivity contribution in [3.8, 4) is 5.75 Å². The largest absolute Gasteiger partial charge is 0.506 e. The number of nitrogens with zero attached hydrogens (tertiary/aromatic N) is 1. The molecule has 0 aliphatic rings. The minimum atomic E-state index is -0.257. The zero-order valence-corrected chi connectivity index (χ0v) is 16.1. The Morgan fingerprint density at radius 2 is 1.70 bits per heavy atom. The summed E-state index contributed by atoms with van der Waals surface area (Å²) in [5.74, 6) is -0.366. The first-order valence-electron chi connectivity index (χ1n) is 7.82. The number of phenolic OH excluding ortho intramolecular Hbond substituents is 1. The fourth-order valence-electron chi connectivity index (χ4n) is 2.30. The zero-order chi connectivity index (χ0) is 19.4. The van der Waals surface area contributed by atoms with Crippen LogP contribution in [-0.2, 0) is 0 Å². The van der Waals surface area contributed by atoms with Crippen molar-refractivity contribution in [1.82, 2.24) is 0 Å². The number of benzene rings is 3. The van der Waals surface area contributed by atoms with Crippen LogP contribution in [0.25, 0.3) is 0 Å². The van der Waals surface area contributed by atoms with Crippen LogP contribution in [-0.4, -0.2) is 17.2 Å². The van der Waals surface area contributed by atoms with Crippen LogP contribution in [0.15, 0.2) is 65.7 Å². The first-order chi connectivity index (χ1) is 12.9. The number of anilines is 1. The van der Waals surface area contributed by atoms with Gasteiger partial charge in [0, 0.05) is 22.4 Å². The molecule has 0 aliphatic carbocycles.